The lowest BCUT2D eigenvalue weighted by Crippen LogP contribution is -2.52. The lowest BCUT2D eigenvalue weighted by molar-refractivity contribution is -0.136. The Bertz CT molecular complexity index is 281. The van der Waals surface area contributed by atoms with Crippen molar-refractivity contribution >= 4 is 17.7 Å². The van der Waals surface area contributed by atoms with E-state index >= 15 is 0 Å². The van der Waals surface area contributed by atoms with Gasteiger partial charge in [0.25, 0.3) is 0 Å². The second kappa shape index (κ2) is 5.19. The normalized spacial score (nSPS) is 33.6. The fraction of sp³-hybridized carbons (Fsp3) is 0.923. The number of carbonyl (C=O) groups excluding carboxylic acids is 1. The Balaban J connectivity index is 1.66. The highest BCUT2D eigenvalue weighted by molar-refractivity contribution is 7.99. The second-order valence-corrected chi connectivity index (χ2v) is 6.65. The molecule has 1 saturated carbocycles. The molecule has 96 valence electrons. The summed E-state index contributed by atoms with van der Waals surface area (Å²) in [6.07, 6.45) is 7.16. The molecule has 1 N–H and O–H groups in total. The zero-order valence-corrected chi connectivity index (χ0v) is 11.2. The molecular formula is C13H22N2OS. The second-order valence-electron chi connectivity index (χ2n) is 5.50. The predicted octanol–water partition coefficient (Wildman–Crippen LogP) is 1.62. The number of rotatable bonds is 3. The van der Waals surface area contributed by atoms with E-state index in [-0.39, 0.29) is 6.04 Å². The molecule has 3 rings (SSSR count). The van der Waals surface area contributed by atoms with Gasteiger partial charge in [-0.05, 0) is 44.4 Å². The van der Waals surface area contributed by atoms with Crippen LogP contribution in [-0.2, 0) is 4.79 Å². The first-order chi connectivity index (χ1) is 8.36. The maximum absolute atomic E-state index is 12.6. The van der Waals surface area contributed by atoms with Crippen molar-refractivity contribution in [2.75, 3.05) is 18.1 Å². The molecule has 3 aliphatic rings. The largest absolute Gasteiger partial charge is 0.335 e. The quantitative estimate of drug-likeness (QED) is 0.831. The van der Waals surface area contributed by atoms with Crippen molar-refractivity contribution in [3.8, 4) is 0 Å². The monoisotopic (exact) mass is 254 g/mol. The van der Waals surface area contributed by atoms with Crippen molar-refractivity contribution in [3.63, 3.8) is 0 Å². The summed E-state index contributed by atoms with van der Waals surface area (Å²) in [5.74, 6) is 2.80. The van der Waals surface area contributed by atoms with Gasteiger partial charge in [0.1, 0.15) is 0 Å². The minimum atomic E-state index is 0.120. The lowest BCUT2D eigenvalue weighted by atomic mass is 10.0. The van der Waals surface area contributed by atoms with E-state index in [4.69, 9.17) is 0 Å². The molecule has 0 unspecified atom stereocenters. The molecule has 0 aromatic carbocycles. The number of amides is 1. The van der Waals surface area contributed by atoms with Crippen LogP contribution in [0, 0.1) is 0 Å². The molecule has 0 aromatic heterocycles. The van der Waals surface area contributed by atoms with Gasteiger partial charge in [-0.25, -0.2) is 0 Å². The minimum Gasteiger partial charge on any atom is -0.335 e. The van der Waals surface area contributed by atoms with Crippen LogP contribution in [0.3, 0.4) is 0 Å². The van der Waals surface area contributed by atoms with E-state index in [2.05, 4.69) is 10.2 Å². The third-order valence-electron chi connectivity index (χ3n) is 4.10. The topological polar surface area (TPSA) is 32.3 Å². The van der Waals surface area contributed by atoms with Crippen LogP contribution in [0.5, 0.6) is 0 Å². The maximum Gasteiger partial charge on any atom is 0.240 e. The number of thioether (sulfide) groups is 1. The number of nitrogens with zero attached hydrogens (tertiary/aromatic N) is 1. The van der Waals surface area contributed by atoms with E-state index in [9.17, 15) is 4.79 Å². The van der Waals surface area contributed by atoms with E-state index in [1.54, 1.807) is 0 Å². The Morgan fingerprint density at radius 3 is 2.59 bits per heavy atom. The Morgan fingerprint density at radius 1 is 1.12 bits per heavy atom. The van der Waals surface area contributed by atoms with Gasteiger partial charge in [-0.1, -0.05) is 6.42 Å². The SMILES string of the molecule is O=C([C@@H]1CCCCN1)N(C1CC1)[C@H]1CCSC1. The minimum absolute atomic E-state index is 0.120. The Morgan fingerprint density at radius 2 is 2.00 bits per heavy atom. The van der Waals surface area contributed by atoms with E-state index in [1.807, 2.05) is 11.8 Å². The smallest absolute Gasteiger partial charge is 0.240 e. The van der Waals surface area contributed by atoms with Crippen LogP contribution >= 0.6 is 11.8 Å². The number of nitrogens with one attached hydrogen (secondary N) is 1. The molecule has 1 amide bonds. The highest BCUT2D eigenvalue weighted by Gasteiger charge is 2.40. The van der Waals surface area contributed by atoms with Crippen molar-refractivity contribution in [2.24, 2.45) is 0 Å². The summed E-state index contributed by atoms with van der Waals surface area (Å²) >= 11 is 2.01. The van der Waals surface area contributed by atoms with Crippen molar-refractivity contribution in [1.29, 1.82) is 0 Å². The summed E-state index contributed by atoms with van der Waals surface area (Å²) in [5.41, 5.74) is 0. The maximum atomic E-state index is 12.6. The van der Waals surface area contributed by atoms with Gasteiger partial charge in [-0.15, -0.1) is 0 Å². The molecule has 2 aliphatic heterocycles. The first-order valence-electron chi connectivity index (χ1n) is 6.99. The Labute approximate surface area is 108 Å². The van der Waals surface area contributed by atoms with Crippen molar-refractivity contribution in [1.82, 2.24) is 10.2 Å². The standard InChI is InChI=1S/C13H22N2OS/c16-13(12-3-1-2-7-14-12)15(10-4-5-10)11-6-8-17-9-11/h10-12,14H,1-9H2/t11-,12-/m0/s1. The predicted molar refractivity (Wildman–Crippen MR) is 71.2 cm³/mol. The molecule has 0 spiro atoms. The first kappa shape index (κ1) is 11.8. The number of hydrogen-bond acceptors (Lipinski definition) is 3. The molecule has 3 nitrogen and oxygen atoms in total. The van der Waals surface area contributed by atoms with Crippen LogP contribution in [0.1, 0.15) is 38.5 Å². The molecule has 2 saturated heterocycles. The molecule has 2 atom stereocenters. The van der Waals surface area contributed by atoms with E-state index < -0.39 is 0 Å². The van der Waals surface area contributed by atoms with Crippen LogP contribution in [0.25, 0.3) is 0 Å². The third kappa shape index (κ3) is 2.63. The van der Waals surface area contributed by atoms with Gasteiger partial charge in [0.2, 0.25) is 5.91 Å². The van der Waals surface area contributed by atoms with Crippen molar-refractivity contribution in [3.05, 3.63) is 0 Å². The van der Waals surface area contributed by atoms with Crippen LogP contribution in [-0.4, -0.2) is 47.0 Å². The van der Waals surface area contributed by atoms with Crippen molar-refractivity contribution < 1.29 is 4.79 Å². The molecular weight excluding hydrogens is 232 g/mol. The van der Waals surface area contributed by atoms with Crippen LogP contribution < -0.4 is 5.32 Å². The highest BCUT2D eigenvalue weighted by Crippen LogP contribution is 2.34. The summed E-state index contributed by atoms with van der Waals surface area (Å²) in [7, 11) is 0. The summed E-state index contributed by atoms with van der Waals surface area (Å²) in [5, 5.41) is 3.41. The number of piperidine rings is 1. The van der Waals surface area contributed by atoms with E-state index in [1.165, 1.54) is 37.9 Å². The average Bonchev–Trinajstić information content (AvgIpc) is 3.05. The zero-order valence-electron chi connectivity index (χ0n) is 10.4. The summed E-state index contributed by atoms with van der Waals surface area (Å²) < 4.78 is 0. The van der Waals surface area contributed by atoms with Gasteiger partial charge < -0.3 is 10.2 Å². The molecule has 0 bridgehead atoms. The van der Waals surface area contributed by atoms with Crippen molar-refractivity contribution in [2.45, 2.75) is 56.7 Å². The summed E-state index contributed by atoms with van der Waals surface area (Å²) in [4.78, 5) is 14.9. The molecule has 0 radical (unpaired) electrons. The Hall–Kier alpha value is -0.220. The zero-order chi connectivity index (χ0) is 11.7. The van der Waals surface area contributed by atoms with Gasteiger partial charge in [-0.2, -0.15) is 11.8 Å². The molecule has 17 heavy (non-hydrogen) atoms. The molecule has 4 heteroatoms. The molecule has 3 fully saturated rings. The van der Waals surface area contributed by atoms with Crippen LogP contribution in [0.2, 0.25) is 0 Å². The van der Waals surface area contributed by atoms with Gasteiger partial charge >= 0.3 is 0 Å². The first-order valence-corrected chi connectivity index (χ1v) is 8.15. The Kier molecular flexibility index (Phi) is 3.61. The van der Waals surface area contributed by atoms with Gasteiger partial charge in [0.05, 0.1) is 6.04 Å². The molecule has 2 heterocycles. The average molecular weight is 254 g/mol. The fourth-order valence-corrected chi connectivity index (χ4v) is 4.20. The fourth-order valence-electron chi connectivity index (χ4n) is 2.99. The number of hydrogen-bond donors (Lipinski definition) is 1. The third-order valence-corrected chi connectivity index (χ3v) is 5.25. The van der Waals surface area contributed by atoms with Gasteiger partial charge in [-0.3, -0.25) is 4.79 Å². The highest BCUT2D eigenvalue weighted by atomic mass is 32.2. The van der Waals surface area contributed by atoms with Gasteiger partial charge in [0.15, 0.2) is 0 Å². The lowest BCUT2D eigenvalue weighted by Gasteiger charge is -2.34. The van der Waals surface area contributed by atoms with E-state index in [0.717, 1.165) is 18.7 Å². The number of carbonyl (C=O) groups is 1. The summed E-state index contributed by atoms with van der Waals surface area (Å²) in [6.45, 7) is 1.02. The van der Waals surface area contributed by atoms with Crippen LogP contribution in [0.15, 0.2) is 0 Å². The summed E-state index contributed by atoms with van der Waals surface area (Å²) in [6, 6.07) is 1.23. The molecule has 0 aromatic rings. The van der Waals surface area contributed by atoms with Gasteiger partial charge in [0, 0.05) is 17.8 Å². The van der Waals surface area contributed by atoms with E-state index in [0.29, 0.717) is 18.0 Å². The van der Waals surface area contributed by atoms with Crippen LogP contribution in [0.4, 0.5) is 0 Å². The molecule has 1 aliphatic carbocycles.